The van der Waals surface area contributed by atoms with Gasteiger partial charge in [-0.05, 0) is 30.0 Å². The molecule has 2 aromatic rings. The second kappa shape index (κ2) is 4.16. The number of hydrogen-bond donors (Lipinski definition) is 1. The fourth-order valence-corrected chi connectivity index (χ4v) is 1.99. The van der Waals surface area contributed by atoms with Gasteiger partial charge in [0.2, 0.25) is 0 Å². The molecule has 0 aliphatic carbocycles. The smallest absolute Gasteiger partial charge is 0.101 e. The molecule has 0 aliphatic rings. The second-order valence-electron chi connectivity index (χ2n) is 3.25. The van der Waals surface area contributed by atoms with Crippen molar-refractivity contribution in [1.29, 1.82) is 5.26 Å². The first-order valence-electron chi connectivity index (χ1n) is 4.60. The molecule has 0 fully saturated rings. The first-order valence-corrected chi connectivity index (χ1v) is 5.54. The molecule has 0 radical (unpaired) electrons. The summed E-state index contributed by atoms with van der Waals surface area (Å²) in [5, 5.41) is 16.3. The molecule has 1 N–H and O–H groups in total. The summed E-state index contributed by atoms with van der Waals surface area (Å²) in [6.45, 7) is 2.00. The van der Waals surface area contributed by atoms with Gasteiger partial charge in [0, 0.05) is 11.1 Å². The van der Waals surface area contributed by atoms with E-state index < -0.39 is 0 Å². The van der Waals surface area contributed by atoms with Crippen molar-refractivity contribution in [3.63, 3.8) is 0 Å². The standard InChI is InChI=1S/C12H10N2S/c1-9-3-2-4-10(7-13)12(9)14-11-5-6-15-8-11/h2-6,8,14H,1H3. The summed E-state index contributed by atoms with van der Waals surface area (Å²) in [4.78, 5) is 0. The van der Waals surface area contributed by atoms with Gasteiger partial charge in [-0.1, -0.05) is 12.1 Å². The lowest BCUT2D eigenvalue weighted by molar-refractivity contribution is 1.40. The highest BCUT2D eigenvalue weighted by Gasteiger charge is 2.04. The minimum Gasteiger partial charge on any atom is -0.354 e. The minimum absolute atomic E-state index is 0.682. The Morgan fingerprint density at radius 1 is 1.33 bits per heavy atom. The highest BCUT2D eigenvalue weighted by molar-refractivity contribution is 7.08. The van der Waals surface area contributed by atoms with Gasteiger partial charge < -0.3 is 5.32 Å². The number of rotatable bonds is 2. The largest absolute Gasteiger partial charge is 0.354 e. The van der Waals surface area contributed by atoms with Crippen LogP contribution in [0.2, 0.25) is 0 Å². The van der Waals surface area contributed by atoms with Crippen molar-refractivity contribution < 1.29 is 0 Å². The van der Waals surface area contributed by atoms with E-state index in [1.165, 1.54) is 0 Å². The van der Waals surface area contributed by atoms with Crippen LogP contribution in [0.15, 0.2) is 35.0 Å². The van der Waals surface area contributed by atoms with E-state index in [0.717, 1.165) is 16.9 Å². The molecule has 74 valence electrons. The number of thiophene rings is 1. The van der Waals surface area contributed by atoms with Crippen LogP contribution in [0.5, 0.6) is 0 Å². The fourth-order valence-electron chi connectivity index (χ4n) is 1.41. The second-order valence-corrected chi connectivity index (χ2v) is 4.03. The van der Waals surface area contributed by atoms with E-state index in [1.54, 1.807) is 11.3 Å². The Hall–Kier alpha value is -1.79. The lowest BCUT2D eigenvalue weighted by Crippen LogP contribution is -1.94. The SMILES string of the molecule is Cc1cccc(C#N)c1Nc1ccsc1. The van der Waals surface area contributed by atoms with Gasteiger partial charge in [-0.2, -0.15) is 16.6 Å². The maximum atomic E-state index is 8.98. The van der Waals surface area contributed by atoms with E-state index in [9.17, 15) is 0 Å². The lowest BCUT2D eigenvalue weighted by atomic mass is 10.1. The summed E-state index contributed by atoms with van der Waals surface area (Å²) >= 11 is 1.63. The van der Waals surface area contributed by atoms with Crippen molar-refractivity contribution in [1.82, 2.24) is 0 Å². The van der Waals surface area contributed by atoms with Gasteiger partial charge >= 0.3 is 0 Å². The van der Waals surface area contributed by atoms with Gasteiger partial charge in [-0.3, -0.25) is 0 Å². The Morgan fingerprint density at radius 2 is 2.20 bits per heavy atom. The van der Waals surface area contributed by atoms with Crippen molar-refractivity contribution in [2.75, 3.05) is 5.32 Å². The Labute approximate surface area is 92.8 Å². The molecule has 0 amide bonds. The van der Waals surface area contributed by atoms with E-state index >= 15 is 0 Å². The number of benzene rings is 1. The van der Waals surface area contributed by atoms with Gasteiger partial charge in [-0.15, -0.1) is 0 Å². The minimum atomic E-state index is 0.682. The van der Waals surface area contributed by atoms with E-state index in [0.29, 0.717) is 5.56 Å². The molecule has 1 aromatic heterocycles. The third kappa shape index (κ3) is 2.00. The van der Waals surface area contributed by atoms with Crippen LogP contribution in [0.25, 0.3) is 0 Å². The lowest BCUT2D eigenvalue weighted by Gasteiger charge is -2.09. The fraction of sp³-hybridized carbons (Fsp3) is 0.0833. The number of aryl methyl sites for hydroxylation is 1. The zero-order valence-electron chi connectivity index (χ0n) is 8.32. The zero-order chi connectivity index (χ0) is 10.7. The summed E-state index contributed by atoms with van der Waals surface area (Å²) in [6, 6.07) is 9.90. The van der Waals surface area contributed by atoms with Gasteiger partial charge in [-0.25, -0.2) is 0 Å². The Balaban J connectivity index is 2.40. The Kier molecular flexibility index (Phi) is 2.70. The number of nitrogens with zero attached hydrogens (tertiary/aromatic N) is 1. The summed E-state index contributed by atoms with van der Waals surface area (Å²) in [7, 11) is 0. The topological polar surface area (TPSA) is 35.8 Å². The molecule has 2 nitrogen and oxygen atoms in total. The van der Waals surface area contributed by atoms with E-state index in [1.807, 2.05) is 41.9 Å². The molecule has 0 atom stereocenters. The Morgan fingerprint density at radius 3 is 2.87 bits per heavy atom. The van der Waals surface area contributed by atoms with E-state index in [4.69, 9.17) is 5.26 Å². The zero-order valence-corrected chi connectivity index (χ0v) is 9.14. The summed E-state index contributed by atoms with van der Waals surface area (Å²) in [6.07, 6.45) is 0. The first kappa shape index (κ1) is 9.75. The quantitative estimate of drug-likeness (QED) is 0.827. The summed E-state index contributed by atoms with van der Waals surface area (Å²) in [5.74, 6) is 0. The molecule has 0 aliphatic heterocycles. The molecule has 0 spiro atoms. The van der Waals surface area contributed by atoms with Crippen molar-refractivity contribution in [3.8, 4) is 6.07 Å². The highest BCUT2D eigenvalue weighted by atomic mass is 32.1. The van der Waals surface area contributed by atoms with Crippen LogP contribution in [0.4, 0.5) is 11.4 Å². The molecular weight excluding hydrogens is 204 g/mol. The van der Waals surface area contributed by atoms with Crippen LogP contribution >= 0.6 is 11.3 Å². The van der Waals surface area contributed by atoms with Crippen molar-refractivity contribution in [2.45, 2.75) is 6.92 Å². The van der Waals surface area contributed by atoms with Crippen molar-refractivity contribution in [3.05, 3.63) is 46.2 Å². The third-order valence-electron chi connectivity index (χ3n) is 2.18. The molecular formula is C12H10N2S. The molecule has 0 saturated carbocycles. The monoisotopic (exact) mass is 214 g/mol. The molecule has 0 bridgehead atoms. The molecule has 15 heavy (non-hydrogen) atoms. The number of nitrogens with one attached hydrogen (secondary N) is 1. The molecule has 0 saturated heterocycles. The number of anilines is 2. The predicted molar refractivity (Wildman–Crippen MR) is 63.5 cm³/mol. The third-order valence-corrected chi connectivity index (χ3v) is 2.87. The normalized spacial score (nSPS) is 9.60. The van der Waals surface area contributed by atoms with Gasteiger partial charge in [0.1, 0.15) is 6.07 Å². The maximum absolute atomic E-state index is 8.98. The number of hydrogen-bond acceptors (Lipinski definition) is 3. The van der Waals surface area contributed by atoms with Crippen molar-refractivity contribution in [2.24, 2.45) is 0 Å². The average molecular weight is 214 g/mol. The molecule has 1 heterocycles. The number of para-hydroxylation sites is 1. The number of nitriles is 1. The average Bonchev–Trinajstić information content (AvgIpc) is 2.74. The Bertz CT molecular complexity index is 495. The van der Waals surface area contributed by atoms with Crippen LogP contribution in [-0.2, 0) is 0 Å². The molecule has 1 aromatic carbocycles. The summed E-state index contributed by atoms with van der Waals surface area (Å²) < 4.78 is 0. The summed E-state index contributed by atoms with van der Waals surface area (Å²) in [5.41, 5.74) is 3.70. The molecule has 3 heteroatoms. The van der Waals surface area contributed by atoms with Crippen LogP contribution in [-0.4, -0.2) is 0 Å². The van der Waals surface area contributed by atoms with Gasteiger partial charge in [0.05, 0.1) is 11.3 Å². The highest BCUT2D eigenvalue weighted by Crippen LogP contribution is 2.25. The first-order chi connectivity index (χ1) is 7.31. The van der Waals surface area contributed by atoms with Crippen LogP contribution < -0.4 is 5.32 Å². The molecule has 0 unspecified atom stereocenters. The van der Waals surface area contributed by atoms with Crippen LogP contribution in [0, 0.1) is 18.3 Å². The van der Waals surface area contributed by atoms with E-state index in [-0.39, 0.29) is 0 Å². The van der Waals surface area contributed by atoms with Crippen molar-refractivity contribution >= 4 is 22.7 Å². The van der Waals surface area contributed by atoms with Gasteiger partial charge in [0.25, 0.3) is 0 Å². The molecule has 2 rings (SSSR count). The van der Waals surface area contributed by atoms with Crippen LogP contribution in [0.3, 0.4) is 0 Å². The van der Waals surface area contributed by atoms with Crippen LogP contribution in [0.1, 0.15) is 11.1 Å². The predicted octanol–water partition coefficient (Wildman–Crippen LogP) is 3.67. The van der Waals surface area contributed by atoms with E-state index in [2.05, 4.69) is 11.4 Å². The van der Waals surface area contributed by atoms with Gasteiger partial charge in [0.15, 0.2) is 0 Å². The maximum Gasteiger partial charge on any atom is 0.101 e.